The molecule has 1 aliphatic heterocycles. The molecule has 184 valence electrons. The Kier molecular flexibility index (Phi) is 6.64. The van der Waals surface area contributed by atoms with Crippen molar-refractivity contribution in [3.05, 3.63) is 83.4 Å². The van der Waals surface area contributed by atoms with Crippen LogP contribution in [-0.4, -0.2) is 27.0 Å². The first-order chi connectivity index (χ1) is 16.5. The average Bonchev–Trinajstić information content (AvgIpc) is 2.84. The van der Waals surface area contributed by atoms with Gasteiger partial charge in [-0.3, -0.25) is 9.10 Å². The second-order valence-electron chi connectivity index (χ2n) is 9.84. The molecule has 0 unspecified atom stereocenters. The largest absolute Gasteiger partial charge is 0.476 e. The van der Waals surface area contributed by atoms with Crippen LogP contribution >= 0.6 is 0 Å². The molecule has 0 radical (unpaired) electrons. The highest BCUT2D eigenvalue weighted by molar-refractivity contribution is 7.92. The topological polar surface area (TPSA) is 75.7 Å². The van der Waals surface area contributed by atoms with Gasteiger partial charge in [-0.2, -0.15) is 0 Å². The SMILES string of the molecule is CCc1cccc(C)c1NC(=O)[C@H]1CN(S(=O)(=O)c2ccccc2)c2cc(C(C)(C)C)ccc2O1. The maximum atomic E-state index is 13.7. The molecule has 35 heavy (non-hydrogen) atoms. The number of fused-ring (bicyclic) bond motifs is 1. The van der Waals surface area contributed by atoms with Crippen molar-refractivity contribution in [2.24, 2.45) is 0 Å². The maximum absolute atomic E-state index is 13.7. The summed E-state index contributed by atoms with van der Waals surface area (Å²) in [5.41, 5.74) is 3.93. The van der Waals surface area contributed by atoms with Gasteiger partial charge in [-0.25, -0.2) is 8.42 Å². The van der Waals surface area contributed by atoms with Gasteiger partial charge in [0.15, 0.2) is 6.10 Å². The molecule has 1 heterocycles. The fourth-order valence-corrected chi connectivity index (χ4v) is 5.70. The standard InChI is InChI=1S/C28H32N2O4S/c1-6-20-12-10-11-19(2)26(20)29-27(31)25-18-30(35(32,33)22-13-8-7-9-14-22)23-17-21(28(3,4)5)15-16-24(23)34-25/h7-17,25H,6,18H2,1-5H3,(H,29,31)/t25-/m1/s1. The summed E-state index contributed by atoms with van der Waals surface area (Å²) in [7, 11) is -3.92. The first-order valence-electron chi connectivity index (χ1n) is 11.8. The van der Waals surface area contributed by atoms with Crippen molar-refractivity contribution in [3.63, 3.8) is 0 Å². The summed E-state index contributed by atoms with van der Waals surface area (Å²) in [6, 6.07) is 19.7. The number of hydrogen-bond donors (Lipinski definition) is 1. The Morgan fingerprint density at radius 3 is 2.43 bits per heavy atom. The van der Waals surface area contributed by atoms with E-state index < -0.39 is 16.1 Å². The quantitative estimate of drug-likeness (QED) is 0.514. The van der Waals surface area contributed by atoms with Gasteiger partial charge in [0.25, 0.3) is 15.9 Å². The zero-order valence-corrected chi connectivity index (χ0v) is 21.6. The molecule has 0 bridgehead atoms. The van der Waals surface area contributed by atoms with E-state index in [2.05, 4.69) is 26.1 Å². The average molecular weight is 493 g/mol. The molecule has 4 rings (SSSR count). The minimum Gasteiger partial charge on any atom is -0.476 e. The van der Waals surface area contributed by atoms with Gasteiger partial charge in [0, 0.05) is 5.69 Å². The van der Waals surface area contributed by atoms with Gasteiger partial charge in [0.05, 0.1) is 17.1 Å². The van der Waals surface area contributed by atoms with E-state index in [1.807, 2.05) is 44.2 Å². The smallest absolute Gasteiger partial charge is 0.267 e. The normalized spacial score (nSPS) is 15.8. The number of nitrogens with zero attached hydrogens (tertiary/aromatic N) is 1. The number of carbonyl (C=O) groups is 1. The Balaban J connectivity index is 1.75. The minimum atomic E-state index is -3.92. The summed E-state index contributed by atoms with van der Waals surface area (Å²) in [6.07, 6.45) is -0.249. The highest BCUT2D eigenvalue weighted by Gasteiger charge is 2.38. The molecule has 3 aromatic rings. The van der Waals surface area contributed by atoms with E-state index in [9.17, 15) is 13.2 Å². The van der Waals surface area contributed by atoms with Crippen LogP contribution in [0.1, 0.15) is 44.4 Å². The first-order valence-corrected chi connectivity index (χ1v) is 13.2. The Morgan fingerprint density at radius 2 is 1.77 bits per heavy atom. The fourth-order valence-electron chi connectivity index (χ4n) is 4.21. The van der Waals surface area contributed by atoms with Crippen LogP contribution in [0.4, 0.5) is 11.4 Å². The van der Waals surface area contributed by atoms with Crippen molar-refractivity contribution in [3.8, 4) is 5.75 Å². The number of para-hydroxylation sites is 1. The number of ether oxygens (including phenoxy) is 1. The summed E-state index contributed by atoms with van der Waals surface area (Å²) in [5, 5.41) is 2.99. The molecule has 0 fully saturated rings. The lowest BCUT2D eigenvalue weighted by molar-refractivity contribution is -0.122. The van der Waals surface area contributed by atoms with Gasteiger partial charge in [-0.1, -0.05) is 70.2 Å². The Hall–Kier alpha value is -3.32. The van der Waals surface area contributed by atoms with Crippen LogP contribution in [0.15, 0.2) is 71.6 Å². The predicted octanol–water partition coefficient (Wildman–Crippen LogP) is 5.45. The second kappa shape index (κ2) is 9.38. The van der Waals surface area contributed by atoms with Gasteiger partial charge in [0.2, 0.25) is 0 Å². The van der Waals surface area contributed by atoms with E-state index in [-0.39, 0.29) is 22.8 Å². The van der Waals surface area contributed by atoms with E-state index in [0.717, 1.165) is 28.8 Å². The van der Waals surface area contributed by atoms with Crippen molar-refractivity contribution >= 4 is 27.3 Å². The van der Waals surface area contributed by atoms with Gasteiger partial charge >= 0.3 is 0 Å². The fraction of sp³-hybridized carbons (Fsp3) is 0.321. The number of aryl methyl sites for hydroxylation is 2. The Labute approximate surface area is 208 Å². The molecule has 3 aromatic carbocycles. The van der Waals surface area contributed by atoms with Gasteiger partial charge in [0.1, 0.15) is 5.75 Å². The third-order valence-corrected chi connectivity index (χ3v) is 8.10. The second-order valence-corrected chi connectivity index (χ2v) is 11.7. The van der Waals surface area contributed by atoms with Crippen molar-refractivity contribution < 1.29 is 17.9 Å². The number of sulfonamides is 1. The zero-order chi connectivity index (χ0) is 25.4. The van der Waals surface area contributed by atoms with Gasteiger partial charge < -0.3 is 10.1 Å². The van der Waals surface area contributed by atoms with E-state index in [1.54, 1.807) is 36.4 Å². The molecule has 1 aliphatic rings. The van der Waals surface area contributed by atoms with Crippen LogP contribution in [0.2, 0.25) is 0 Å². The van der Waals surface area contributed by atoms with E-state index in [0.29, 0.717) is 11.4 Å². The number of anilines is 2. The third kappa shape index (κ3) is 4.91. The lowest BCUT2D eigenvalue weighted by atomic mass is 9.86. The van der Waals surface area contributed by atoms with E-state index in [1.165, 1.54) is 4.31 Å². The number of nitrogens with one attached hydrogen (secondary N) is 1. The number of rotatable bonds is 5. The molecule has 0 saturated carbocycles. The van der Waals surface area contributed by atoms with Crippen LogP contribution in [-0.2, 0) is 26.7 Å². The summed E-state index contributed by atoms with van der Waals surface area (Å²) in [4.78, 5) is 13.5. The molecule has 0 aromatic heterocycles. The maximum Gasteiger partial charge on any atom is 0.267 e. The van der Waals surface area contributed by atoms with Crippen molar-refractivity contribution in [2.45, 2.75) is 57.5 Å². The van der Waals surface area contributed by atoms with Crippen LogP contribution in [0.3, 0.4) is 0 Å². The molecule has 6 nitrogen and oxygen atoms in total. The predicted molar refractivity (Wildman–Crippen MR) is 140 cm³/mol. The summed E-state index contributed by atoms with van der Waals surface area (Å²) >= 11 is 0. The highest BCUT2D eigenvalue weighted by atomic mass is 32.2. The van der Waals surface area contributed by atoms with Gasteiger partial charge in [-0.15, -0.1) is 0 Å². The number of hydrogen-bond acceptors (Lipinski definition) is 4. The molecule has 0 spiro atoms. The lowest BCUT2D eigenvalue weighted by Crippen LogP contribution is -2.49. The molecular formula is C28H32N2O4S. The van der Waals surface area contributed by atoms with Gasteiger partial charge in [-0.05, 0) is 59.7 Å². The molecule has 7 heteroatoms. The van der Waals surface area contributed by atoms with Crippen LogP contribution in [0.5, 0.6) is 5.75 Å². The Bertz CT molecular complexity index is 1350. The van der Waals surface area contributed by atoms with Crippen LogP contribution in [0.25, 0.3) is 0 Å². The molecule has 0 aliphatic carbocycles. The zero-order valence-electron chi connectivity index (χ0n) is 20.8. The van der Waals surface area contributed by atoms with Crippen molar-refractivity contribution in [2.75, 3.05) is 16.2 Å². The van der Waals surface area contributed by atoms with Crippen molar-refractivity contribution in [1.82, 2.24) is 0 Å². The summed E-state index contributed by atoms with van der Waals surface area (Å²) in [6.45, 7) is 10.0. The number of benzene rings is 3. The van der Waals surface area contributed by atoms with E-state index in [4.69, 9.17) is 4.74 Å². The van der Waals surface area contributed by atoms with Crippen LogP contribution in [0, 0.1) is 6.92 Å². The summed E-state index contributed by atoms with van der Waals surface area (Å²) < 4.78 is 34.9. The first kappa shape index (κ1) is 24.8. The molecule has 1 N–H and O–H groups in total. The molecule has 0 saturated heterocycles. The highest BCUT2D eigenvalue weighted by Crippen LogP contribution is 2.40. The van der Waals surface area contributed by atoms with Crippen molar-refractivity contribution in [1.29, 1.82) is 0 Å². The van der Waals surface area contributed by atoms with Crippen LogP contribution < -0.4 is 14.4 Å². The monoisotopic (exact) mass is 492 g/mol. The third-order valence-electron chi connectivity index (χ3n) is 6.31. The molecule has 1 atom stereocenters. The lowest BCUT2D eigenvalue weighted by Gasteiger charge is -2.36. The minimum absolute atomic E-state index is 0.128. The number of amides is 1. The molecule has 1 amide bonds. The number of carbonyl (C=O) groups excluding carboxylic acids is 1. The Morgan fingerprint density at radius 1 is 1.06 bits per heavy atom. The molecular weight excluding hydrogens is 460 g/mol. The summed E-state index contributed by atoms with van der Waals surface area (Å²) in [5.74, 6) is -0.0165. The van der Waals surface area contributed by atoms with E-state index >= 15 is 0 Å².